The van der Waals surface area contributed by atoms with E-state index in [2.05, 4.69) is 25.3 Å². The number of methoxy groups -OCH3 is 2. The summed E-state index contributed by atoms with van der Waals surface area (Å²) in [4.78, 5) is 23.0. The number of aromatic nitrogens is 7. The number of hydrogen-bond acceptors (Lipinski definition) is 8. The highest BCUT2D eigenvalue weighted by atomic mass is 35.5. The predicted octanol–water partition coefficient (Wildman–Crippen LogP) is 3.09. The van der Waals surface area contributed by atoms with E-state index in [1.165, 1.54) is 17.2 Å². The van der Waals surface area contributed by atoms with E-state index in [1.807, 2.05) is 6.92 Å². The Hall–Kier alpha value is -2.92. The first-order valence-electron chi connectivity index (χ1n) is 10.0. The molecule has 4 rings (SSSR count). The summed E-state index contributed by atoms with van der Waals surface area (Å²) in [5.41, 5.74) is 2.55. The second kappa shape index (κ2) is 9.92. The first-order valence-corrected chi connectivity index (χ1v) is 10.8. The van der Waals surface area contributed by atoms with E-state index in [0.29, 0.717) is 38.5 Å². The highest BCUT2D eigenvalue weighted by molar-refractivity contribution is 6.32. The van der Waals surface area contributed by atoms with Gasteiger partial charge in [-0.2, -0.15) is 15.3 Å². The predicted molar refractivity (Wildman–Crippen MR) is 121 cm³/mol. The summed E-state index contributed by atoms with van der Waals surface area (Å²) < 4.78 is 12.8. The van der Waals surface area contributed by atoms with Crippen molar-refractivity contribution in [1.82, 2.24) is 34.6 Å². The summed E-state index contributed by atoms with van der Waals surface area (Å²) in [6, 6.07) is 3.33. The van der Waals surface area contributed by atoms with Crippen molar-refractivity contribution < 1.29 is 14.3 Å². The van der Waals surface area contributed by atoms with Gasteiger partial charge in [-0.25, -0.2) is 14.5 Å². The van der Waals surface area contributed by atoms with Gasteiger partial charge in [-0.15, -0.1) is 4.80 Å². The molecular formula is C21H21Cl2N7O3. The maximum absolute atomic E-state index is 13.0. The van der Waals surface area contributed by atoms with Crippen LogP contribution in [0.25, 0.3) is 11.5 Å². The summed E-state index contributed by atoms with van der Waals surface area (Å²) >= 11 is 12.4. The van der Waals surface area contributed by atoms with Gasteiger partial charge in [0.1, 0.15) is 11.9 Å². The molecule has 0 amide bonds. The highest BCUT2D eigenvalue weighted by Gasteiger charge is 2.27. The Bertz CT molecular complexity index is 1280. The third kappa shape index (κ3) is 4.88. The number of hydrogen-bond donors (Lipinski definition) is 0. The van der Waals surface area contributed by atoms with Crippen LogP contribution in [0.2, 0.25) is 10.2 Å². The zero-order valence-corrected chi connectivity index (χ0v) is 19.7. The number of carbonyl (C=O) groups excluding carboxylic acids is 1. The summed E-state index contributed by atoms with van der Waals surface area (Å²) in [6.45, 7) is 1.88. The number of halogens is 2. The molecule has 4 aromatic rings. The average Bonchev–Trinajstić information content (AvgIpc) is 3.44. The van der Waals surface area contributed by atoms with Gasteiger partial charge in [0.05, 0.1) is 29.2 Å². The minimum Gasteiger partial charge on any atom is -0.379 e. The molecule has 12 heteroatoms. The number of ketones is 1. The van der Waals surface area contributed by atoms with Crippen LogP contribution in [0.1, 0.15) is 29.8 Å². The van der Waals surface area contributed by atoms with Crippen molar-refractivity contribution in [3.63, 3.8) is 0 Å². The second-order valence-corrected chi connectivity index (χ2v) is 8.16. The van der Waals surface area contributed by atoms with E-state index in [-0.39, 0.29) is 24.7 Å². The van der Waals surface area contributed by atoms with Gasteiger partial charge in [-0.05, 0) is 18.6 Å². The van der Waals surface area contributed by atoms with Crippen LogP contribution in [0.3, 0.4) is 0 Å². The molecule has 0 fully saturated rings. The Morgan fingerprint density at radius 3 is 2.48 bits per heavy atom. The standard InChI is InChI=1S/C21H21Cl2N7O3/c1-12(32-2)20(33-3)19-14(11-24-18-9-17(23)28-29(18)19)8-15(31)6-13-7-16(22)21(25-10-13)30-26-4-5-27-30/h4-5,7,9-12,20H,6,8H2,1-3H3/t12-,20+/m1/s1. The van der Waals surface area contributed by atoms with Crippen LogP contribution in [0, 0.1) is 0 Å². The van der Waals surface area contributed by atoms with Crippen LogP contribution in [-0.2, 0) is 27.1 Å². The van der Waals surface area contributed by atoms with Gasteiger partial charge in [0, 0.05) is 51.1 Å². The summed E-state index contributed by atoms with van der Waals surface area (Å²) in [7, 11) is 3.17. The molecule has 172 valence electrons. The molecule has 0 N–H and O–H groups in total. The van der Waals surface area contributed by atoms with Crippen LogP contribution < -0.4 is 0 Å². The lowest BCUT2D eigenvalue weighted by Gasteiger charge is -2.24. The third-order valence-corrected chi connectivity index (χ3v) is 5.63. The van der Waals surface area contributed by atoms with Crippen LogP contribution in [0.5, 0.6) is 0 Å². The fourth-order valence-corrected chi connectivity index (χ4v) is 4.03. The molecule has 0 aliphatic heterocycles. The van der Waals surface area contributed by atoms with Crippen molar-refractivity contribution in [2.75, 3.05) is 14.2 Å². The number of Topliss-reactive ketones (excluding diaryl/α,β-unsaturated/α-hetero) is 1. The number of rotatable bonds is 9. The van der Waals surface area contributed by atoms with E-state index in [1.54, 1.807) is 43.3 Å². The van der Waals surface area contributed by atoms with Crippen LogP contribution >= 0.6 is 23.2 Å². The van der Waals surface area contributed by atoms with Crippen molar-refractivity contribution in [3.8, 4) is 5.82 Å². The smallest absolute Gasteiger partial charge is 0.193 e. The molecule has 0 saturated heterocycles. The molecule has 0 aromatic carbocycles. The number of fused-ring (bicyclic) bond motifs is 1. The number of nitrogens with zero attached hydrogens (tertiary/aromatic N) is 7. The van der Waals surface area contributed by atoms with Gasteiger partial charge in [0.2, 0.25) is 0 Å². The van der Waals surface area contributed by atoms with E-state index in [4.69, 9.17) is 32.7 Å². The second-order valence-electron chi connectivity index (χ2n) is 7.36. The van der Waals surface area contributed by atoms with Gasteiger partial charge in [0.15, 0.2) is 16.6 Å². The van der Waals surface area contributed by atoms with E-state index >= 15 is 0 Å². The topological polar surface area (TPSA) is 109 Å². The minimum absolute atomic E-state index is 0.0570. The Kier molecular flexibility index (Phi) is 6.99. The van der Waals surface area contributed by atoms with Crippen LogP contribution in [0.15, 0.2) is 36.9 Å². The molecule has 2 atom stereocenters. The quantitative estimate of drug-likeness (QED) is 0.352. The van der Waals surface area contributed by atoms with Crippen molar-refractivity contribution in [2.24, 2.45) is 0 Å². The van der Waals surface area contributed by atoms with Crippen molar-refractivity contribution in [3.05, 3.63) is 63.9 Å². The highest BCUT2D eigenvalue weighted by Crippen LogP contribution is 2.28. The fraction of sp³-hybridized carbons (Fsp3) is 0.333. The molecule has 0 spiro atoms. The minimum atomic E-state index is -0.490. The molecular weight excluding hydrogens is 469 g/mol. The molecule has 0 saturated carbocycles. The van der Waals surface area contributed by atoms with E-state index in [9.17, 15) is 4.79 Å². The third-order valence-electron chi connectivity index (χ3n) is 5.17. The monoisotopic (exact) mass is 489 g/mol. The first-order chi connectivity index (χ1) is 15.9. The Morgan fingerprint density at radius 2 is 1.82 bits per heavy atom. The van der Waals surface area contributed by atoms with Crippen molar-refractivity contribution in [2.45, 2.75) is 32.0 Å². The molecule has 0 bridgehead atoms. The van der Waals surface area contributed by atoms with E-state index < -0.39 is 6.10 Å². The molecule has 0 aliphatic rings. The Morgan fingerprint density at radius 1 is 1.06 bits per heavy atom. The maximum Gasteiger partial charge on any atom is 0.193 e. The number of pyridine rings is 1. The number of ether oxygens (including phenoxy) is 2. The maximum atomic E-state index is 13.0. The summed E-state index contributed by atoms with van der Waals surface area (Å²) in [6.07, 6.45) is 5.74. The fourth-order valence-electron chi connectivity index (χ4n) is 3.59. The van der Waals surface area contributed by atoms with Gasteiger partial charge < -0.3 is 9.47 Å². The molecule has 4 aromatic heterocycles. The Labute approximate surface area is 199 Å². The van der Waals surface area contributed by atoms with Crippen LogP contribution in [-0.4, -0.2) is 60.7 Å². The lowest BCUT2D eigenvalue weighted by molar-refractivity contribution is -0.117. The zero-order valence-electron chi connectivity index (χ0n) is 18.1. The zero-order chi connectivity index (χ0) is 23.5. The average molecular weight is 490 g/mol. The molecule has 0 unspecified atom stereocenters. The van der Waals surface area contributed by atoms with E-state index in [0.717, 1.165) is 0 Å². The molecule has 4 heterocycles. The van der Waals surface area contributed by atoms with Crippen LogP contribution in [0.4, 0.5) is 0 Å². The van der Waals surface area contributed by atoms with Gasteiger partial charge >= 0.3 is 0 Å². The molecule has 33 heavy (non-hydrogen) atoms. The molecule has 0 radical (unpaired) electrons. The molecule has 0 aliphatic carbocycles. The van der Waals surface area contributed by atoms with Gasteiger partial charge in [-0.1, -0.05) is 23.2 Å². The largest absolute Gasteiger partial charge is 0.379 e. The molecule has 10 nitrogen and oxygen atoms in total. The summed E-state index contributed by atoms with van der Waals surface area (Å²) in [5, 5.41) is 13.0. The van der Waals surface area contributed by atoms with Crippen molar-refractivity contribution >= 4 is 34.6 Å². The normalized spacial score (nSPS) is 13.4. The number of carbonyl (C=O) groups is 1. The Balaban J connectivity index is 1.61. The SMILES string of the molecule is CO[C@H](c1c(CC(=O)Cc2cnc(-n3nccn3)c(Cl)c2)cnc2cc(Cl)nn12)[C@@H](C)OC. The lowest BCUT2D eigenvalue weighted by Crippen LogP contribution is -2.25. The lowest BCUT2D eigenvalue weighted by atomic mass is 9.99. The van der Waals surface area contributed by atoms with Gasteiger partial charge in [0.25, 0.3) is 0 Å². The van der Waals surface area contributed by atoms with Gasteiger partial charge in [-0.3, -0.25) is 4.79 Å². The van der Waals surface area contributed by atoms with Crippen molar-refractivity contribution in [1.29, 1.82) is 0 Å². The first kappa shape index (κ1) is 23.2. The summed E-state index contributed by atoms with van der Waals surface area (Å²) in [5.74, 6) is 0.334.